The normalized spacial score (nSPS) is 13.0. The predicted octanol–water partition coefficient (Wildman–Crippen LogP) is 5.42. The third-order valence-corrected chi connectivity index (χ3v) is 7.77. The zero-order chi connectivity index (χ0) is 22.9. The number of nitrogens with one attached hydrogen (secondary N) is 1. The summed E-state index contributed by atoms with van der Waals surface area (Å²) in [5, 5.41) is 3.36. The highest BCUT2D eigenvalue weighted by atomic mass is 35.5. The molecule has 6 nitrogen and oxygen atoms in total. The van der Waals surface area contributed by atoms with Crippen molar-refractivity contribution in [2.24, 2.45) is 0 Å². The van der Waals surface area contributed by atoms with Gasteiger partial charge in [-0.25, -0.2) is 8.42 Å². The van der Waals surface area contributed by atoms with Crippen LogP contribution in [0.5, 0.6) is 5.75 Å². The molecule has 1 aliphatic rings. The van der Waals surface area contributed by atoms with Crippen molar-refractivity contribution in [3.8, 4) is 5.75 Å². The summed E-state index contributed by atoms with van der Waals surface area (Å²) >= 11 is 17.9. The topological polar surface area (TPSA) is 75.7 Å². The van der Waals surface area contributed by atoms with Gasteiger partial charge < -0.3 is 10.1 Å². The van der Waals surface area contributed by atoms with Crippen LogP contribution in [-0.2, 0) is 21.2 Å². The van der Waals surface area contributed by atoms with Gasteiger partial charge in [-0.2, -0.15) is 0 Å². The lowest BCUT2D eigenvalue weighted by Gasteiger charge is -2.19. The van der Waals surface area contributed by atoms with Gasteiger partial charge in [-0.05, 0) is 54.4 Å². The molecule has 166 valence electrons. The van der Waals surface area contributed by atoms with E-state index in [-0.39, 0.29) is 26.6 Å². The number of rotatable bonds is 6. The molecule has 1 heterocycles. The van der Waals surface area contributed by atoms with E-state index in [1.165, 1.54) is 40.7 Å². The van der Waals surface area contributed by atoms with Crippen molar-refractivity contribution in [2.75, 3.05) is 22.8 Å². The van der Waals surface area contributed by atoms with Crippen molar-refractivity contribution in [3.05, 3.63) is 81.3 Å². The van der Waals surface area contributed by atoms with Crippen molar-refractivity contribution in [1.82, 2.24) is 0 Å². The van der Waals surface area contributed by atoms with Gasteiger partial charge in [0.25, 0.3) is 15.9 Å². The Labute approximate surface area is 200 Å². The van der Waals surface area contributed by atoms with E-state index in [0.717, 1.165) is 5.56 Å². The molecule has 1 amide bonds. The van der Waals surface area contributed by atoms with Gasteiger partial charge >= 0.3 is 0 Å². The number of anilines is 2. The van der Waals surface area contributed by atoms with Crippen molar-refractivity contribution in [2.45, 2.75) is 11.3 Å². The van der Waals surface area contributed by atoms with Crippen molar-refractivity contribution < 1.29 is 17.9 Å². The van der Waals surface area contributed by atoms with E-state index in [1.54, 1.807) is 6.07 Å². The largest absolute Gasteiger partial charge is 0.484 e. The fourth-order valence-corrected chi connectivity index (χ4v) is 5.44. The number of sulfonamides is 1. The Balaban J connectivity index is 1.40. The molecule has 0 bridgehead atoms. The lowest BCUT2D eigenvalue weighted by molar-refractivity contribution is -0.118. The first kappa shape index (κ1) is 22.7. The van der Waals surface area contributed by atoms with Crippen molar-refractivity contribution >= 4 is 62.1 Å². The van der Waals surface area contributed by atoms with Gasteiger partial charge in [-0.15, -0.1) is 0 Å². The van der Waals surface area contributed by atoms with E-state index in [0.29, 0.717) is 30.1 Å². The molecule has 0 saturated heterocycles. The Kier molecular flexibility index (Phi) is 6.53. The summed E-state index contributed by atoms with van der Waals surface area (Å²) < 4.78 is 33.0. The molecule has 0 unspecified atom stereocenters. The molecule has 0 saturated carbocycles. The van der Waals surface area contributed by atoms with Crippen LogP contribution in [0.2, 0.25) is 15.1 Å². The maximum atomic E-state index is 13.0. The molecular weight excluding hydrogens is 495 g/mol. The number of carbonyl (C=O) groups is 1. The van der Waals surface area contributed by atoms with Gasteiger partial charge in [0.2, 0.25) is 0 Å². The number of hydrogen-bond donors (Lipinski definition) is 1. The highest BCUT2D eigenvalue weighted by Gasteiger charge is 2.30. The van der Waals surface area contributed by atoms with E-state index in [2.05, 4.69) is 5.32 Å². The van der Waals surface area contributed by atoms with Crippen LogP contribution in [0.15, 0.2) is 65.6 Å². The molecule has 32 heavy (non-hydrogen) atoms. The lowest BCUT2D eigenvalue weighted by Crippen LogP contribution is -2.29. The summed E-state index contributed by atoms with van der Waals surface area (Å²) in [6, 6.07) is 16.3. The third kappa shape index (κ3) is 4.66. The molecule has 1 aliphatic heterocycles. The number of para-hydroxylation sites is 1. The molecule has 0 aliphatic carbocycles. The van der Waals surface area contributed by atoms with Crippen LogP contribution in [0, 0.1) is 0 Å². The summed E-state index contributed by atoms with van der Waals surface area (Å²) in [5.41, 5.74) is 2.01. The van der Waals surface area contributed by atoms with E-state index in [4.69, 9.17) is 39.5 Å². The first-order valence-corrected chi connectivity index (χ1v) is 12.1. The summed E-state index contributed by atoms with van der Waals surface area (Å²) in [6.07, 6.45) is 0.675. The van der Waals surface area contributed by atoms with Crippen LogP contribution >= 0.6 is 34.8 Å². The molecule has 3 aromatic rings. The molecule has 1 N–H and O–H groups in total. The second-order valence-electron chi connectivity index (χ2n) is 7.01. The standard InChI is InChI=1S/C22H17Cl3N2O4S/c23-17-11-19(25)20(12-18(17)24)26-22(28)13-31-15-5-7-16(8-6-15)32(29,30)27-10-9-14-3-1-2-4-21(14)27/h1-8,11-12H,9-10,13H2,(H,26,28). The van der Waals surface area contributed by atoms with Gasteiger partial charge in [-0.1, -0.05) is 53.0 Å². The molecule has 0 spiro atoms. The number of ether oxygens (including phenoxy) is 1. The number of benzene rings is 3. The smallest absolute Gasteiger partial charge is 0.264 e. The molecule has 10 heteroatoms. The van der Waals surface area contributed by atoms with Gasteiger partial charge in [0.05, 0.1) is 31.3 Å². The number of amides is 1. The summed E-state index contributed by atoms with van der Waals surface area (Å²) in [7, 11) is -3.69. The minimum absolute atomic E-state index is 0.147. The molecule has 0 radical (unpaired) electrons. The Bertz CT molecular complexity index is 1280. The second-order valence-corrected chi connectivity index (χ2v) is 10.1. The minimum Gasteiger partial charge on any atom is -0.484 e. The van der Waals surface area contributed by atoms with E-state index < -0.39 is 15.9 Å². The van der Waals surface area contributed by atoms with E-state index in [1.807, 2.05) is 18.2 Å². The molecule has 4 rings (SSSR count). The van der Waals surface area contributed by atoms with E-state index >= 15 is 0 Å². The SMILES string of the molecule is O=C(COc1ccc(S(=O)(=O)N2CCc3ccccc32)cc1)Nc1cc(Cl)c(Cl)cc1Cl. The number of carbonyl (C=O) groups excluding carboxylic acids is 1. The van der Waals surface area contributed by atoms with Crippen LogP contribution in [0.3, 0.4) is 0 Å². The predicted molar refractivity (Wildman–Crippen MR) is 127 cm³/mol. The minimum atomic E-state index is -3.69. The maximum absolute atomic E-state index is 13.0. The summed E-state index contributed by atoms with van der Waals surface area (Å²) in [5.74, 6) is -0.114. The van der Waals surface area contributed by atoms with Crippen LogP contribution in [0.25, 0.3) is 0 Å². The van der Waals surface area contributed by atoms with Gasteiger partial charge in [0, 0.05) is 6.54 Å². The quantitative estimate of drug-likeness (QED) is 0.449. The van der Waals surface area contributed by atoms with Crippen molar-refractivity contribution in [1.29, 1.82) is 0 Å². The molecule has 0 atom stereocenters. The second kappa shape index (κ2) is 9.19. The van der Waals surface area contributed by atoms with Crippen LogP contribution in [0.1, 0.15) is 5.56 Å². The summed E-state index contributed by atoms with van der Waals surface area (Å²) in [6.45, 7) is 0.0968. The molecule has 3 aromatic carbocycles. The van der Waals surface area contributed by atoms with Crippen LogP contribution in [-0.4, -0.2) is 27.5 Å². The number of hydrogen-bond acceptors (Lipinski definition) is 4. The molecule has 0 fully saturated rings. The summed E-state index contributed by atoms with van der Waals surface area (Å²) in [4.78, 5) is 12.3. The zero-order valence-electron chi connectivity index (χ0n) is 16.5. The Morgan fingerprint density at radius 3 is 2.41 bits per heavy atom. The first-order valence-electron chi connectivity index (χ1n) is 9.53. The number of fused-ring (bicyclic) bond motifs is 1. The Morgan fingerprint density at radius 1 is 0.969 bits per heavy atom. The van der Waals surface area contributed by atoms with E-state index in [9.17, 15) is 13.2 Å². The monoisotopic (exact) mass is 510 g/mol. The average Bonchev–Trinajstić information content (AvgIpc) is 3.21. The van der Waals surface area contributed by atoms with Gasteiger partial charge in [0.1, 0.15) is 5.75 Å². The Morgan fingerprint density at radius 2 is 1.66 bits per heavy atom. The van der Waals surface area contributed by atoms with Crippen molar-refractivity contribution in [3.63, 3.8) is 0 Å². The highest BCUT2D eigenvalue weighted by Crippen LogP contribution is 2.34. The first-order chi connectivity index (χ1) is 15.3. The third-order valence-electron chi connectivity index (χ3n) is 4.91. The fourth-order valence-electron chi connectivity index (χ4n) is 3.35. The molecular formula is C22H17Cl3N2O4S. The average molecular weight is 512 g/mol. The van der Waals surface area contributed by atoms with Gasteiger partial charge in [0.15, 0.2) is 6.61 Å². The molecule has 0 aromatic heterocycles. The number of nitrogens with zero attached hydrogens (tertiary/aromatic N) is 1. The lowest BCUT2D eigenvalue weighted by atomic mass is 10.2. The fraction of sp³-hybridized carbons (Fsp3) is 0.136. The van der Waals surface area contributed by atoms with Crippen LogP contribution < -0.4 is 14.4 Å². The number of halogens is 3. The Hall–Kier alpha value is -2.45. The van der Waals surface area contributed by atoms with Crippen LogP contribution in [0.4, 0.5) is 11.4 Å². The highest BCUT2D eigenvalue weighted by molar-refractivity contribution is 7.92. The van der Waals surface area contributed by atoms with Gasteiger partial charge in [-0.3, -0.25) is 9.10 Å². The zero-order valence-corrected chi connectivity index (χ0v) is 19.6. The maximum Gasteiger partial charge on any atom is 0.264 e.